The van der Waals surface area contributed by atoms with Crippen molar-refractivity contribution in [2.45, 2.75) is 262 Å². The molecule has 1 fully saturated rings. The molecule has 0 spiro atoms. The molecule has 0 radical (unpaired) electrons. The predicted molar refractivity (Wildman–Crippen MR) is 227 cm³/mol. The van der Waals surface area contributed by atoms with Crippen molar-refractivity contribution in [3.05, 3.63) is 0 Å². The van der Waals surface area contributed by atoms with Gasteiger partial charge in [0.15, 0.2) is 6.29 Å². The zero-order valence-corrected chi connectivity index (χ0v) is 37.0. The average molecular weight is 838 g/mol. The first-order chi connectivity index (χ1) is 27.5. The van der Waals surface area contributed by atoms with Gasteiger partial charge in [0.2, 0.25) is 5.91 Å². The topological polar surface area (TPSA) is 192 Å². The lowest BCUT2D eigenvalue weighted by molar-refractivity contribution is -0.298. The van der Waals surface area contributed by atoms with Crippen molar-refractivity contribution in [1.82, 2.24) is 5.32 Å². The Balaban J connectivity index is 2.47. The van der Waals surface area contributed by atoms with Crippen LogP contribution in [0.25, 0.3) is 0 Å². The Kier molecular flexibility index (Phi) is 34.0. The number of unbranched alkanes of at least 4 members (excludes halogenated alkanes) is 28. The van der Waals surface area contributed by atoms with E-state index in [9.17, 15) is 38.2 Å². The fourth-order valence-corrected chi connectivity index (χ4v) is 8.26. The molecule has 1 rings (SSSR count). The second-order valence-corrected chi connectivity index (χ2v) is 17.8. The van der Waals surface area contributed by atoms with Gasteiger partial charge in [0, 0.05) is 6.42 Å². The fraction of sp³-hybridized carbons (Fsp3) is 0.977. The Morgan fingerprint density at radius 3 is 1.40 bits per heavy atom. The van der Waals surface area contributed by atoms with Crippen LogP contribution in [-0.4, -0.2) is 95.4 Å². The number of nitrogens with one attached hydrogen (secondary N) is 1. The van der Waals surface area contributed by atoms with Gasteiger partial charge < -0.3 is 35.2 Å². The lowest BCUT2D eigenvalue weighted by Gasteiger charge is -2.41. The highest BCUT2D eigenvalue weighted by Crippen LogP contribution is 2.26. The molecule has 57 heavy (non-hydrogen) atoms. The summed E-state index contributed by atoms with van der Waals surface area (Å²) in [5.41, 5.74) is 0. The van der Waals surface area contributed by atoms with Crippen molar-refractivity contribution >= 4 is 16.3 Å². The summed E-state index contributed by atoms with van der Waals surface area (Å²) in [5.74, 6) is -0.228. The summed E-state index contributed by atoms with van der Waals surface area (Å²) < 4.78 is 47.6. The molecule has 13 heteroatoms. The van der Waals surface area contributed by atoms with E-state index in [2.05, 4.69) is 23.3 Å². The standard InChI is InChI=1S/C44H87NO11S/c1-3-5-7-9-11-13-15-17-18-19-20-21-22-23-25-27-29-31-33-38(47)37(45-40(48)34-32-30-28-26-24-16-14-12-10-8-6-4-2)36-54-44-42(50)43(56-57(51,52)53)41(49)39(35-46)55-44/h37-39,41-44,46-47,49-50H,3-36H2,1-2H3,(H,45,48)(H,51,52,53). The molecule has 0 aliphatic carbocycles. The van der Waals surface area contributed by atoms with E-state index in [1.807, 2.05) is 0 Å². The van der Waals surface area contributed by atoms with E-state index in [0.717, 1.165) is 51.4 Å². The molecular formula is C44H87NO11S. The van der Waals surface area contributed by atoms with E-state index >= 15 is 0 Å². The van der Waals surface area contributed by atoms with Crippen LogP contribution >= 0.6 is 0 Å². The number of amides is 1. The molecule has 1 amide bonds. The van der Waals surface area contributed by atoms with E-state index in [-0.39, 0.29) is 12.5 Å². The maximum atomic E-state index is 13.0. The molecule has 0 saturated carbocycles. The number of ether oxygens (including phenoxy) is 2. The Bertz CT molecular complexity index is 1040. The van der Waals surface area contributed by atoms with Crippen molar-refractivity contribution in [2.75, 3.05) is 13.2 Å². The quantitative estimate of drug-likeness (QED) is 0.0255. The van der Waals surface area contributed by atoms with Gasteiger partial charge in [-0.05, 0) is 12.8 Å². The third-order valence-electron chi connectivity index (χ3n) is 11.4. The highest BCUT2D eigenvalue weighted by molar-refractivity contribution is 7.80. The van der Waals surface area contributed by atoms with Crippen molar-refractivity contribution in [1.29, 1.82) is 0 Å². The summed E-state index contributed by atoms with van der Waals surface area (Å²) in [5, 5.41) is 44.8. The lowest BCUT2D eigenvalue weighted by Crippen LogP contribution is -2.61. The van der Waals surface area contributed by atoms with Crippen LogP contribution in [0.1, 0.15) is 219 Å². The van der Waals surface area contributed by atoms with E-state index in [0.29, 0.717) is 12.8 Å². The smallest absolute Gasteiger partial charge is 0.394 e. The van der Waals surface area contributed by atoms with Crippen LogP contribution in [0.4, 0.5) is 0 Å². The molecule has 1 aliphatic rings. The van der Waals surface area contributed by atoms with Gasteiger partial charge in [-0.15, -0.1) is 0 Å². The predicted octanol–water partition coefficient (Wildman–Crippen LogP) is 9.00. The van der Waals surface area contributed by atoms with Gasteiger partial charge in [-0.3, -0.25) is 9.35 Å². The SMILES string of the molecule is CCCCCCCCCCCCCCCCCCCCC(O)C(COC1OC(CO)C(O)C(OS(=O)(=O)O)C1O)NC(=O)CCCCCCCCCCCCCC. The summed E-state index contributed by atoms with van der Waals surface area (Å²) in [6.45, 7) is 3.45. The van der Waals surface area contributed by atoms with Crippen LogP contribution in [0.5, 0.6) is 0 Å². The Hall–Kier alpha value is -0.900. The number of aliphatic hydroxyl groups excluding tert-OH is 4. The first-order valence-electron chi connectivity index (χ1n) is 23.4. The molecule has 7 unspecified atom stereocenters. The number of hydrogen-bond acceptors (Lipinski definition) is 10. The molecule has 1 heterocycles. The highest BCUT2D eigenvalue weighted by atomic mass is 32.3. The third-order valence-corrected chi connectivity index (χ3v) is 11.9. The maximum absolute atomic E-state index is 13.0. The number of aliphatic hydroxyl groups is 4. The van der Waals surface area contributed by atoms with Gasteiger partial charge in [0.1, 0.15) is 24.4 Å². The molecule has 0 aromatic rings. The molecule has 1 aliphatic heterocycles. The fourth-order valence-electron chi connectivity index (χ4n) is 7.75. The first-order valence-corrected chi connectivity index (χ1v) is 24.8. The van der Waals surface area contributed by atoms with Crippen molar-refractivity contribution in [3.8, 4) is 0 Å². The summed E-state index contributed by atoms with van der Waals surface area (Å²) in [6, 6.07) is -0.850. The molecule has 0 bridgehead atoms. The van der Waals surface area contributed by atoms with E-state index < -0.39 is 59.9 Å². The van der Waals surface area contributed by atoms with E-state index in [4.69, 9.17) is 9.47 Å². The van der Waals surface area contributed by atoms with Crippen LogP contribution in [0.3, 0.4) is 0 Å². The van der Waals surface area contributed by atoms with Gasteiger partial charge in [-0.25, -0.2) is 4.18 Å². The second-order valence-electron chi connectivity index (χ2n) is 16.7. The Labute approximate surface area is 347 Å². The molecule has 0 aromatic carbocycles. The van der Waals surface area contributed by atoms with E-state index in [1.54, 1.807) is 0 Å². The molecule has 6 N–H and O–H groups in total. The Morgan fingerprint density at radius 1 is 0.632 bits per heavy atom. The Morgan fingerprint density at radius 2 is 1.02 bits per heavy atom. The minimum atomic E-state index is -5.07. The molecule has 340 valence electrons. The zero-order valence-electron chi connectivity index (χ0n) is 36.2. The molecule has 12 nitrogen and oxygen atoms in total. The normalized spacial score (nSPS) is 21.1. The molecule has 0 aromatic heterocycles. The van der Waals surface area contributed by atoms with Crippen molar-refractivity contribution < 1.29 is 51.8 Å². The lowest BCUT2D eigenvalue weighted by atomic mass is 9.99. The van der Waals surface area contributed by atoms with Crippen LogP contribution in [0, 0.1) is 0 Å². The summed E-state index contributed by atoms with van der Waals surface area (Å²) in [4.78, 5) is 13.0. The number of carbonyl (C=O) groups excluding carboxylic acids is 1. The maximum Gasteiger partial charge on any atom is 0.397 e. The van der Waals surface area contributed by atoms with Gasteiger partial charge >= 0.3 is 10.4 Å². The second kappa shape index (κ2) is 35.8. The highest BCUT2D eigenvalue weighted by Gasteiger charge is 2.48. The van der Waals surface area contributed by atoms with Gasteiger partial charge in [0.05, 0.1) is 25.4 Å². The summed E-state index contributed by atoms with van der Waals surface area (Å²) in [7, 11) is -5.07. The monoisotopic (exact) mass is 838 g/mol. The molecule has 7 atom stereocenters. The van der Waals surface area contributed by atoms with Crippen LogP contribution < -0.4 is 5.32 Å². The van der Waals surface area contributed by atoms with Crippen LogP contribution in [0.15, 0.2) is 0 Å². The summed E-state index contributed by atoms with van der Waals surface area (Å²) >= 11 is 0. The van der Waals surface area contributed by atoms with Gasteiger partial charge in [0.25, 0.3) is 0 Å². The third kappa shape index (κ3) is 29.1. The van der Waals surface area contributed by atoms with Gasteiger partial charge in [-0.1, -0.05) is 200 Å². The van der Waals surface area contributed by atoms with Crippen LogP contribution in [0.2, 0.25) is 0 Å². The molecule has 1 saturated heterocycles. The van der Waals surface area contributed by atoms with Crippen molar-refractivity contribution in [3.63, 3.8) is 0 Å². The first kappa shape index (κ1) is 54.1. The number of carbonyl (C=O) groups is 1. The zero-order chi connectivity index (χ0) is 42.0. The molecular weight excluding hydrogens is 751 g/mol. The average Bonchev–Trinajstić information content (AvgIpc) is 3.18. The minimum absolute atomic E-state index is 0.228. The number of hydrogen-bond donors (Lipinski definition) is 6. The summed E-state index contributed by atoms with van der Waals surface area (Å²) in [6.07, 6.45) is 28.2. The largest absolute Gasteiger partial charge is 0.397 e. The van der Waals surface area contributed by atoms with Gasteiger partial charge in [-0.2, -0.15) is 8.42 Å². The minimum Gasteiger partial charge on any atom is -0.394 e. The number of rotatable bonds is 40. The van der Waals surface area contributed by atoms with E-state index in [1.165, 1.54) is 141 Å². The van der Waals surface area contributed by atoms with Crippen molar-refractivity contribution in [2.24, 2.45) is 0 Å². The van der Waals surface area contributed by atoms with Crippen LogP contribution in [-0.2, 0) is 28.9 Å².